The first-order chi connectivity index (χ1) is 7.79. The molecule has 0 aliphatic carbocycles. The van der Waals surface area contributed by atoms with E-state index < -0.39 is 0 Å². The molecule has 0 unspecified atom stereocenters. The average molecular weight is 235 g/mol. The lowest BCUT2D eigenvalue weighted by molar-refractivity contribution is 0.273. The van der Waals surface area contributed by atoms with Crippen molar-refractivity contribution in [3.8, 4) is 10.8 Å². The van der Waals surface area contributed by atoms with Crippen molar-refractivity contribution in [3.63, 3.8) is 0 Å². The molecule has 5 nitrogen and oxygen atoms in total. The molecule has 6 heteroatoms. The van der Waals surface area contributed by atoms with Crippen molar-refractivity contribution in [1.82, 2.24) is 14.6 Å². The van der Waals surface area contributed by atoms with Gasteiger partial charge in [0, 0.05) is 0 Å². The monoisotopic (exact) mass is 235 g/mol. The summed E-state index contributed by atoms with van der Waals surface area (Å²) in [6, 6.07) is 3.67. The number of nitrogens with zero attached hydrogens (tertiary/aromatic N) is 3. The molecule has 0 aliphatic rings. The number of aryl methyl sites for hydroxylation is 1. The molecule has 0 bridgehead atoms. The summed E-state index contributed by atoms with van der Waals surface area (Å²) in [4.78, 5) is 5.10. The molecule has 0 saturated heterocycles. The number of furan rings is 1. The molecule has 3 aromatic heterocycles. The molecule has 16 heavy (non-hydrogen) atoms. The number of imidazole rings is 1. The maximum atomic E-state index is 9.23. The second-order valence-electron chi connectivity index (χ2n) is 3.38. The summed E-state index contributed by atoms with van der Waals surface area (Å²) in [7, 11) is 0. The molecule has 0 atom stereocenters. The van der Waals surface area contributed by atoms with Gasteiger partial charge in [0.2, 0.25) is 4.96 Å². The first-order valence-corrected chi connectivity index (χ1v) is 5.61. The highest BCUT2D eigenvalue weighted by Crippen LogP contribution is 2.27. The van der Waals surface area contributed by atoms with Crippen LogP contribution < -0.4 is 0 Å². The van der Waals surface area contributed by atoms with Crippen molar-refractivity contribution in [1.29, 1.82) is 0 Å². The quantitative estimate of drug-likeness (QED) is 0.736. The van der Waals surface area contributed by atoms with Gasteiger partial charge in [-0.1, -0.05) is 11.3 Å². The van der Waals surface area contributed by atoms with E-state index >= 15 is 0 Å². The standard InChI is InChI=1S/C10H9N3O2S/c1-6-7(5-14)13-10(11-6)16-9(12-13)8-3-2-4-15-8/h2-4,14H,5H2,1H3. The zero-order valence-corrected chi connectivity index (χ0v) is 9.36. The number of fused-ring (bicyclic) bond motifs is 1. The topological polar surface area (TPSA) is 63.6 Å². The van der Waals surface area contributed by atoms with E-state index in [9.17, 15) is 5.11 Å². The van der Waals surface area contributed by atoms with E-state index in [1.54, 1.807) is 10.8 Å². The van der Waals surface area contributed by atoms with Gasteiger partial charge < -0.3 is 9.52 Å². The van der Waals surface area contributed by atoms with Crippen LogP contribution in [0.2, 0.25) is 0 Å². The zero-order valence-electron chi connectivity index (χ0n) is 8.54. The van der Waals surface area contributed by atoms with Gasteiger partial charge in [0.15, 0.2) is 10.8 Å². The molecule has 0 spiro atoms. The van der Waals surface area contributed by atoms with Crippen LogP contribution in [0.3, 0.4) is 0 Å². The van der Waals surface area contributed by atoms with Gasteiger partial charge in [-0.3, -0.25) is 0 Å². The Bertz CT molecular complexity index is 624. The van der Waals surface area contributed by atoms with Gasteiger partial charge in [0.1, 0.15) is 0 Å². The summed E-state index contributed by atoms with van der Waals surface area (Å²) in [5.41, 5.74) is 1.54. The summed E-state index contributed by atoms with van der Waals surface area (Å²) in [6.07, 6.45) is 1.61. The van der Waals surface area contributed by atoms with Crippen LogP contribution in [0.5, 0.6) is 0 Å². The fraction of sp³-hybridized carbons (Fsp3) is 0.200. The van der Waals surface area contributed by atoms with E-state index in [1.807, 2.05) is 19.1 Å². The van der Waals surface area contributed by atoms with Crippen LogP contribution in [-0.2, 0) is 6.61 Å². The van der Waals surface area contributed by atoms with Crippen LogP contribution >= 0.6 is 11.3 Å². The predicted octanol–water partition coefficient (Wildman–Crippen LogP) is 1.85. The summed E-state index contributed by atoms with van der Waals surface area (Å²) in [6.45, 7) is 1.80. The Morgan fingerprint density at radius 3 is 3.12 bits per heavy atom. The molecule has 1 N–H and O–H groups in total. The fourth-order valence-electron chi connectivity index (χ4n) is 1.57. The fourth-order valence-corrected chi connectivity index (χ4v) is 2.50. The molecular formula is C10H9N3O2S. The SMILES string of the molecule is Cc1nc2sc(-c3ccco3)nn2c1CO. The number of aliphatic hydroxyl groups is 1. The molecule has 0 amide bonds. The summed E-state index contributed by atoms with van der Waals surface area (Å²) >= 11 is 1.44. The summed E-state index contributed by atoms with van der Waals surface area (Å²) in [5.74, 6) is 0.719. The van der Waals surface area contributed by atoms with Gasteiger partial charge in [-0.2, -0.15) is 5.10 Å². The summed E-state index contributed by atoms with van der Waals surface area (Å²) in [5, 5.41) is 14.4. The van der Waals surface area contributed by atoms with Crippen molar-refractivity contribution in [3.05, 3.63) is 29.8 Å². The van der Waals surface area contributed by atoms with Crippen LogP contribution in [0.1, 0.15) is 11.4 Å². The second kappa shape index (κ2) is 3.43. The molecular weight excluding hydrogens is 226 g/mol. The third-order valence-corrected chi connectivity index (χ3v) is 3.30. The molecule has 3 heterocycles. The lowest BCUT2D eigenvalue weighted by atomic mass is 10.4. The van der Waals surface area contributed by atoms with E-state index in [-0.39, 0.29) is 6.61 Å². The number of aromatic nitrogens is 3. The zero-order chi connectivity index (χ0) is 11.1. The first kappa shape index (κ1) is 9.56. The van der Waals surface area contributed by atoms with E-state index in [0.29, 0.717) is 0 Å². The van der Waals surface area contributed by atoms with E-state index in [0.717, 1.165) is 27.1 Å². The van der Waals surface area contributed by atoms with Gasteiger partial charge in [-0.05, 0) is 19.1 Å². The predicted molar refractivity (Wildman–Crippen MR) is 59.2 cm³/mol. The van der Waals surface area contributed by atoms with Gasteiger partial charge in [0.05, 0.1) is 24.3 Å². The molecule has 82 valence electrons. The lowest BCUT2D eigenvalue weighted by Gasteiger charge is -1.92. The molecule has 0 saturated carbocycles. The van der Waals surface area contributed by atoms with Crippen molar-refractivity contribution >= 4 is 16.3 Å². The maximum Gasteiger partial charge on any atom is 0.213 e. The Morgan fingerprint density at radius 2 is 2.44 bits per heavy atom. The van der Waals surface area contributed by atoms with Crippen LogP contribution in [0.25, 0.3) is 15.7 Å². The van der Waals surface area contributed by atoms with E-state index in [4.69, 9.17) is 4.42 Å². The Labute approximate surface area is 95.0 Å². The van der Waals surface area contributed by atoms with Gasteiger partial charge in [0.25, 0.3) is 0 Å². The minimum atomic E-state index is -0.0612. The van der Waals surface area contributed by atoms with Gasteiger partial charge in [-0.25, -0.2) is 9.50 Å². The van der Waals surface area contributed by atoms with Crippen LogP contribution in [0.15, 0.2) is 22.8 Å². The highest BCUT2D eigenvalue weighted by atomic mass is 32.1. The highest BCUT2D eigenvalue weighted by Gasteiger charge is 2.14. The van der Waals surface area contributed by atoms with E-state index in [1.165, 1.54) is 11.3 Å². The van der Waals surface area contributed by atoms with Crippen molar-refractivity contribution in [2.45, 2.75) is 13.5 Å². The molecule has 3 aromatic rings. The number of hydrogen-bond acceptors (Lipinski definition) is 5. The Kier molecular flexibility index (Phi) is 2.05. The maximum absolute atomic E-state index is 9.23. The largest absolute Gasteiger partial charge is 0.462 e. The minimum absolute atomic E-state index is 0.0612. The molecule has 0 aromatic carbocycles. The number of hydrogen-bond donors (Lipinski definition) is 1. The van der Waals surface area contributed by atoms with Crippen molar-refractivity contribution in [2.24, 2.45) is 0 Å². The molecule has 0 fully saturated rings. The second-order valence-corrected chi connectivity index (χ2v) is 4.34. The molecule has 3 rings (SSSR count). The van der Waals surface area contributed by atoms with Gasteiger partial charge in [-0.15, -0.1) is 0 Å². The normalized spacial score (nSPS) is 11.4. The average Bonchev–Trinajstić information content (AvgIpc) is 2.90. The van der Waals surface area contributed by atoms with Crippen molar-refractivity contribution < 1.29 is 9.52 Å². The van der Waals surface area contributed by atoms with Crippen molar-refractivity contribution in [2.75, 3.05) is 0 Å². The third-order valence-electron chi connectivity index (χ3n) is 2.38. The van der Waals surface area contributed by atoms with E-state index in [2.05, 4.69) is 10.1 Å². The van der Waals surface area contributed by atoms with Crippen LogP contribution in [0, 0.1) is 6.92 Å². The van der Waals surface area contributed by atoms with Crippen LogP contribution in [-0.4, -0.2) is 19.7 Å². The highest BCUT2D eigenvalue weighted by molar-refractivity contribution is 7.19. The summed E-state index contributed by atoms with van der Waals surface area (Å²) < 4.78 is 6.93. The van der Waals surface area contributed by atoms with Gasteiger partial charge >= 0.3 is 0 Å². The minimum Gasteiger partial charge on any atom is -0.462 e. The Hall–Kier alpha value is -1.66. The molecule has 0 aliphatic heterocycles. The lowest BCUT2D eigenvalue weighted by Crippen LogP contribution is -1.94. The molecule has 0 radical (unpaired) electrons. The Balaban J connectivity index is 2.21. The Morgan fingerprint density at radius 1 is 1.56 bits per heavy atom. The number of rotatable bonds is 2. The van der Waals surface area contributed by atoms with Crippen LogP contribution in [0.4, 0.5) is 0 Å². The third kappa shape index (κ3) is 1.27. The first-order valence-electron chi connectivity index (χ1n) is 4.79. The number of aliphatic hydroxyl groups excluding tert-OH is 1. The smallest absolute Gasteiger partial charge is 0.213 e.